The number of esters is 1. The van der Waals surface area contributed by atoms with E-state index in [-0.39, 0.29) is 25.0 Å². The number of benzene rings is 1. The van der Waals surface area contributed by atoms with Gasteiger partial charge in [-0.3, -0.25) is 9.78 Å². The lowest BCUT2D eigenvalue weighted by atomic mass is 10.2. The highest BCUT2D eigenvalue weighted by atomic mass is 16.6. The van der Waals surface area contributed by atoms with E-state index >= 15 is 0 Å². The zero-order valence-corrected chi connectivity index (χ0v) is 14.1. The molecule has 0 N–H and O–H groups in total. The van der Waals surface area contributed by atoms with Gasteiger partial charge in [0.1, 0.15) is 6.54 Å². The number of fused-ring (bicyclic) bond motifs is 1. The SMILES string of the molecule is Cc1cc2ccccc2n1CC(=O)OCc1nc(-c2cccnc2)no1. The molecule has 3 aromatic heterocycles. The van der Waals surface area contributed by atoms with E-state index in [4.69, 9.17) is 9.26 Å². The van der Waals surface area contributed by atoms with E-state index in [0.717, 1.165) is 22.2 Å². The van der Waals surface area contributed by atoms with E-state index in [1.807, 2.05) is 47.9 Å². The first kappa shape index (κ1) is 16.0. The van der Waals surface area contributed by atoms with Crippen LogP contribution in [-0.2, 0) is 22.7 Å². The number of rotatable bonds is 5. The van der Waals surface area contributed by atoms with Gasteiger partial charge in [-0.15, -0.1) is 0 Å². The van der Waals surface area contributed by atoms with Crippen molar-refractivity contribution in [3.63, 3.8) is 0 Å². The quantitative estimate of drug-likeness (QED) is 0.515. The molecule has 0 saturated heterocycles. The van der Waals surface area contributed by atoms with Gasteiger partial charge in [-0.2, -0.15) is 4.98 Å². The third kappa shape index (κ3) is 3.19. The van der Waals surface area contributed by atoms with Crippen LogP contribution in [0.25, 0.3) is 22.3 Å². The van der Waals surface area contributed by atoms with Crippen LogP contribution in [0.1, 0.15) is 11.6 Å². The third-order valence-corrected chi connectivity index (χ3v) is 4.05. The molecule has 0 aliphatic rings. The van der Waals surface area contributed by atoms with Gasteiger partial charge in [0.25, 0.3) is 5.89 Å². The summed E-state index contributed by atoms with van der Waals surface area (Å²) in [5.74, 6) is 0.290. The van der Waals surface area contributed by atoms with Crippen LogP contribution in [-0.4, -0.2) is 25.7 Å². The van der Waals surface area contributed by atoms with Crippen LogP contribution in [0.15, 0.2) is 59.4 Å². The van der Waals surface area contributed by atoms with Crippen molar-refractivity contribution in [2.24, 2.45) is 0 Å². The minimum atomic E-state index is -0.365. The highest BCUT2D eigenvalue weighted by Crippen LogP contribution is 2.19. The topological polar surface area (TPSA) is 83.0 Å². The number of hydrogen-bond acceptors (Lipinski definition) is 6. The van der Waals surface area contributed by atoms with Gasteiger partial charge in [0.15, 0.2) is 6.61 Å². The van der Waals surface area contributed by atoms with Gasteiger partial charge in [-0.05, 0) is 36.6 Å². The molecule has 3 heterocycles. The highest BCUT2D eigenvalue weighted by molar-refractivity contribution is 5.83. The molecule has 7 heteroatoms. The summed E-state index contributed by atoms with van der Waals surface area (Å²) in [5, 5.41) is 4.97. The number of aromatic nitrogens is 4. The molecule has 0 amide bonds. The lowest BCUT2D eigenvalue weighted by Crippen LogP contribution is -2.14. The molecule has 0 fully saturated rings. The first-order valence-electron chi connectivity index (χ1n) is 8.14. The van der Waals surface area contributed by atoms with Crippen LogP contribution in [0.5, 0.6) is 0 Å². The number of nitrogens with zero attached hydrogens (tertiary/aromatic N) is 4. The lowest BCUT2D eigenvalue weighted by Gasteiger charge is -2.07. The Kier molecular flexibility index (Phi) is 4.18. The molecule has 4 rings (SSSR count). The Morgan fingerprint density at radius 2 is 2.12 bits per heavy atom. The van der Waals surface area contributed by atoms with Gasteiger partial charge in [0, 0.05) is 29.2 Å². The smallest absolute Gasteiger partial charge is 0.326 e. The monoisotopic (exact) mass is 348 g/mol. The Balaban J connectivity index is 1.41. The molecule has 0 atom stereocenters. The molecule has 0 aliphatic heterocycles. The fraction of sp³-hybridized carbons (Fsp3) is 0.158. The maximum atomic E-state index is 12.2. The number of carbonyl (C=O) groups is 1. The second-order valence-electron chi connectivity index (χ2n) is 5.84. The molecule has 4 aromatic rings. The number of pyridine rings is 1. The van der Waals surface area contributed by atoms with Crippen molar-refractivity contribution in [2.75, 3.05) is 0 Å². The molecule has 0 aliphatic carbocycles. The average Bonchev–Trinajstić information content (AvgIpc) is 3.26. The van der Waals surface area contributed by atoms with E-state index in [2.05, 4.69) is 15.1 Å². The minimum absolute atomic E-state index is 0.0651. The number of ether oxygens (including phenoxy) is 1. The predicted molar refractivity (Wildman–Crippen MR) is 94.0 cm³/mol. The maximum absolute atomic E-state index is 12.2. The molecule has 7 nitrogen and oxygen atoms in total. The molecular weight excluding hydrogens is 332 g/mol. The first-order valence-corrected chi connectivity index (χ1v) is 8.14. The zero-order valence-electron chi connectivity index (χ0n) is 14.1. The average molecular weight is 348 g/mol. The fourth-order valence-corrected chi connectivity index (χ4v) is 2.80. The van der Waals surface area contributed by atoms with E-state index in [1.165, 1.54) is 0 Å². The van der Waals surface area contributed by atoms with Crippen molar-refractivity contribution < 1.29 is 14.1 Å². The summed E-state index contributed by atoms with van der Waals surface area (Å²) in [6.07, 6.45) is 3.31. The highest BCUT2D eigenvalue weighted by Gasteiger charge is 2.13. The summed E-state index contributed by atoms with van der Waals surface area (Å²) in [5.41, 5.74) is 2.74. The van der Waals surface area contributed by atoms with Crippen LogP contribution >= 0.6 is 0 Å². The normalized spacial score (nSPS) is 11.0. The van der Waals surface area contributed by atoms with E-state index in [9.17, 15) is 4.79 Å². The van der Waals surface area contributed by atoms with Crippen LogP contribution in [0.3, 0.4) is 0 Å². The predicted octanol–water partition coefficient (Wildman–Crippen LogP) is 3.14. The molecule has 1 aromatic carbocycles. The van der Waals surface area contributed by atoms with Gasteiger partial charge in [0.05, 0.1) is 0 Å². The first-order chi connectivity index (χ1) is 12.7. The standard InChI is InChI=1S/C19H16N4O3/c1-13-9-14-5-2-3-7-16(14)23(13)11-18(24)25-12-17-21-19(22-26-17)15-6-4-8-20-10-15/h2-10H,11-12H2,1H3. The summed E-state index contributed by atoms with van der Waals surface area (Å²) in [6.45, 7) is 2.03. The van der Waals surface area contributed by atoms with Crippen molar-refractivity contribution in [1.82, 2.24) is 19.7 Å². The molecule has 26 heavy (non-hydrogen) atoms. The van der Waals surface area contributed by atoms with Crippen LogP contribution < -0.4 is 0 Å². The second kappa shape index (κ2) is 6.79. The summed E-state index contributed by atoms with van der Waals surface area (Å²) < 4.78 is 12.3. The lowest BCUT2D eigenvalue weighted by molar-refractivity contribution is -0.146. The largest absolute Gasteiger partial charge is 0.454 e. The summed E-state index contributed by atoms with van der Waals surface area (Å²) in [6, 6.07) is 13.6. The molecular formula is C19H16N4O3. The Morgan fingerprint density at radius 1 is 1.23 bits per heavy atom. The summed E-state index contributed by atoms with van der Waals surface area (Å²) >= 11 is 0. The molecule has 0 unspecified atom stereocenters. The molecule has 130 valence electrons. The fourth-order valence-electron chi connectivity index (χ4n) is 2.80. The van der Waals surface area contributed by atoms with Gasteiger partial charge >= 0.3 is 5.97 Å². The van der Waals surface area contributed by atoms with Crippen molar-refractivity contribution in [2.45, 2.75) is 20.1 Å². The number of carbonyl (C=O) groups excluding carboxylic acids is 1. The van der Waals surface area contributed by atoms with Gasteiger partial charge < -0.3 is 13.8 Å². The van der Waals surface area contributed by atoms with Gasteiger partial charge in [0.2, 0.25) is 5.82 Å². The van der Waals surface area contributed by atoms with Crippen LogP contribution in [0, 0.1) is 6.92 Å². The molecule has 0 spiro atoms. The summed E-state index contributed by atoms with van der Waals surface area (Å²) in [4.78, 5) is 20.4. The third-order valence-electron chi connectivity index (χ3n) is 4.05. The maximum Gasteiger partial charge on any atom is 0.326 e. The van der Waals surface area contributed by atoms with Crippen molar-refractivity contribution >= 4 is 16.9 Å². The van der Waals surface area contributed by atoms with Crippen molar-refractivity contribution in [1.29, 1.82) is 0 Å². The number of hydrogen-bond donors (Lipinski definition) is 0. The number of aryl methyl sites for hydroxylation is 1. The molecule has 0 saturated carbocycles. The molecule has 0 radical (unpaired) electrons. The van der Waals surface area contributed by atoms with E-state index in [0.29, 0.717) is 5.82 Å². The second-order valence-corrected chi connectivity index (χ2v) is 5.84. The van der Waals surface area contributed by atoms with E-state index < -0.39 is 0 Å². The Labute approximate surface area is 149 Å². The van der Waals surface area contributed by atoms with Gasteiger partial charge in [-0.25, -0.2) is 0 Å². The van der Waals surface area contributed by atoms with Crippen molar-refractivity contribution in [3.8, 4) is 11.4 Å². The minimum Gasteiger partial charge on any atom is -0.454 e. The number of para-hydroxylation sites is 1. The Bertz CT molecular complexity index is 1050. The molecule has 0 bridgehead atoms. The van der Waals surface area contributed by atoms with E-state index in [1.54, 1.807) is 18.5 Å². The van der Waals surface area contributed by atoms with Crippen LogP contribution in [0.4, 0.5) is 0 Å². The summed E-state index contributed by atoms with van der Waals surface area (Å²) in [7, 11) is 0. The zero-order chi connectivity index (χ0) is 17.9. The van der Waals surface area contributed by atoms with Gasteiger partial charge in [-0.1, -0.05) is 23.4 Å². The van der Waals surface area contributed by atoms with Crippen molar-refractivity contribution in [3.05, 3.63) is 66.4 Å². The van der Waals surface area contributed by atoms with Crippen LogP contribution in [0.2, 0.25) is 0 Å². The Hall–Kier alpha value is -3.48. The Morgan fingerprint density at radius 3 is 2.96 bits per heavy atom.